The Labute approximate surface area is 194 Å². The molecule has 0 bridgehead atoms. The molecule has 0 atom stereocenters. The van der Waals surface area contributed by atoms with Gasteiger partial charge in [-0.15, -0.1) is 12.4 Å². The monoisotopic (exact) mass is 456 g/mol. The van der Waals surface area contributed by atoms with E-state index in [0.717, 1.165) is 45.3 Å². The maximum absolute atomic E-state index is 12.7. The van der Waals surface area contributed by atoms with E-state index in [1.165, 1.54) is 37.8 Å². The molecule has 1 aromatic carbocycles. The van der Waals surface area contributed by atoms with Crippen molar-refractivity contribution in [2.24, 2.45) is 0 Å². The molecule has 7 heteroatoms. The number of hydrogen-bond acceptors (Lipinski definition) is 4. The van der Waals surface area contributed by atoms with Crippen molar-refractivity contribution in [3.8, 4) is 0 Å². The van der Waals surface area contributed by atoms with Crippen molar-refractivity contribution in [2.75, 3.05) is 37.7 Å². The van der Waals surface area contributed by atoms with E-state index >= 15 is 0 Å². The van der Waals surface area contributed by atoms with Crippen LogP contribution in [-0.2, 0) is 4.74 Å². The molecule has 1 N–H and O–H groups in total. The van der Waals surface area contributed by atoms with Crippen LogP contribution in [0.15, 0.2) is 24.3 Å². The van der Waals surface area contributed by atoms with E-state index in [9.17, 15) is 9.59 Å². The molecular weight excluding hydrogens is 416 g/mol. The molecule has 0 spiro atoms. The molecule has 31 heavy (non-hydrogen) atoms. The maximum atomic E-state index is 12.7. The van der Waals surface area contributed by atoms with Crippen LogP contribution in [0.2, 0.25) is 0 Å². The molecule has 0 saturated heterocycles. The third-order valence-corrected chi connectivity index (χ3v) is 5.13. The summed E-state index contributed by atoms with van der Waals surface area (Å²) in [4.78, 5) is 27.9. The molecule has 0 aliphatic carbocycles. The van der Waals surface area contributed by atoms with Gasteiger partial charge in [-0.1, -0.05) is 46.5 Å². The van der Waals surface area contributed by atoms with E-state index < -0.39 is 5.97 Å². The predicted octanol–water partition coefficient (Wildman–Crippen LogP) is 6.23. The summed E-state index contributed by atoms with van der Waals surface area (Å²) in [7, 11) is 0. The average Bonchev–Trinajstić information content (AvgIpc) is 2.75. The van der Waals surface area contributed by atoms with Crippen molar-refractivity contribution in [1.29, 1.82) is 0 Å². The number of hydrogen-bond donors (Lipinski definition) is 1. The van der Waals surface area contributed by atoms with Crippen LogP contribution < -0.4 is 4.90 Å². The van der Waals surface area contributed by atoms with Crippen LogP contribution >= 0.6 is 12.4 Å². The fourth-order valence-corrected chi connectivity index (χ4v) is 3.25. The van der Waals surface area contributed by atoms with E-state index in [1.807, 2.05) is 0 Å². The van der Waals surface area contributed by atoms with Gasteiger partial charge in [0.15, 0.2) is 0 Å². The normalized spacial score (nSPS) is 10.6. The largest absolute Gasteiger partial charge is 0.478 e. The minimum atomic E-state index is -0.975. The first kappa shape index (κ1) is 29.2. The summed E-state index contributed by atoms with van der Waals surface area (Å²) in [5, 5.41) is 9.08. The van der Waals surface area contributed by atoms with Crippen molar-refractivity contribution in [2.45, 2.75) is 72.1 Å². The number of carboxylic acid groups (broad SMARTS) is 1. The Bertz CT molecular complexity index is 602. The van der Waals surface area contributed by atoms with Gasteiger partial charge in [-0.2, -0.15) is 0 Å². The van der Waals surface area contributed by atoms with Crippen molar-refractivity contribution >= 4 is 30.2 Å². The van der Waals surface area contributed by atoms with E-state index in [4.69, 9.17) is 9.84 Å². The van der Waals surface area contributed by atoms with Crippen LogP contribution in [0.3, 0.4) is 0 Å². The van der Waals surface area contributed by atoms with Crippen LogP contribution in [-0.4, -0.2) is 54.9 Å². The highest BCUT2D eigenvalue weighted by atomic mass is 35.5. The lowest BCUT2D eigenvalue weighted by molar-refractivity contribution is 0.0697. The molecule has 0 aromatic heterocycles. The number of benzene rings is 1. The SMILES string of the molecule is CCCCCN(C(=O)OCCCN(CCCC)CCCC)c1ccc(C(=O)O)cc1.Cl. The number of anilines is 1. The molecular formula is C24H41ClN2O4. The lowest BCUT2D eigenvalue weighted by atomic mass is 10.2. The predicted molar refractivity (Wildman–Crippen MR) is 130 cm³/mol. The molecule has 6 nitrogen and oxygen atoms in total. The van der Waals surface area contributed by atoms with Crippen LogP contribution in [0.5, 0.6) is 0 Å². The summed E-state index contributed by atoms with van der Waals surface area (Å²) in [5.41, 5.74) is 0.883. The number of unbranched alkanes of at least 4 members (excludes halogenated alkanes) is 4. The fraction of sp³-hybridized carbons (Fsp3) is 0.667. The number of aromatic carboxylic acids is 1. The van der Waals surface area contributed by atoms with Gasteiger partial charge < -0.3 is 14.7 Å². The van der Waals surface area contributed by atoms with E-state index in [2.05, 4.69) is 25.7 Å². The molecule has 0 saturated carbocycles. The van der Waals surface area contributed by atoms with Crippen molar-refractivity contribution in [3.63, 3.8) is 0 Å². The van der Waals surface area contributed by atoms with Crippen molar-refractivity contribution in [3.05, 3.63) is 29.8 Å². The minimum absolute atomic E-state index is 0. The zero-order valence-electron chi connectivity index (χ0n) is 19.5. The smallest absolute Gasteiger partial charge is 0.414 e. The molecule has 0 unspecified atom stereocenters. The third-order valence-electron chi connectivity index (χ3n) is 5.13. The first-order valence-corrected chi connectivity index (χ1v) is 11.5. The number of carboxylic acids is 1. The molecule has 178 valence electrons. The van der Waals surface area contributed by atoms with Gasteiger partial charge in [0.1, 0.15) is 0 Å². The minimum Gasteiger partial charge on any atom is -0.478 e. The van der Waals surface area contributed by atoms with Crippen LogP contribution in [0, 0.1) is 0 Å². The second kappa shape index (κ2) is 17.8. The Morgan fingerprint density at radius 1 is 0.806 bits per heavy atom. The first-order chi connectivity index (χ1) is 14.5. The Morgan fingerprint density at radius 3 is 1.87 bits per heavy atom. The van der Waals surface area contributed by atoms with Crippen LogP contribution in [0.4, 0.5) is 10.5 Å². The van der Waals surface area contributed by atoms with Gasteiger partial charge in [0.25, 0.3) is 0 Å². The molecule has 1 amide bonds. The molecule has 1 aromatic rings. The van der Waals surface area contributed by atoms with Gasteiger partial charge >= 0.3 is 12.1 Å². The standard InChI is InChI=1S/C24H40N2O4.ClH/c1-4-7-10-19-26(22-14-12-21(13-15-22)23(27)28)24(29)30-20-11-18-25(16-8-5-2)17-9-6-3;/h12-15H,4-11,16-20H2,1-3H3,(H,27,28);1H. The summed E-state index contributed by atoms with van der Waals surface area (Å²) in [6.07, 6.45) is 8.20. The Morgan fingerprint density at radius 2 is 1.35 bits per heavy atom. The van der Waals surface area contributed by atoms with Crippen LogP contribution in [0.1, 0.15) is 82.5 Å². The van der Waals surface area contributed by atoms with Gasteiger partial charge in [0, 0.05) is 18.8 Å². The lowest BCUT2D eigenvalue weighted by Crippen LogP contribution is -2.33. The highest BCUT2D eigenvalue weighted by molar-refractivity contribution is 5.90. The number of ether oxygens (including phenoxy) is 1. The summed E-state index contributed by atoms with van der Waals surface area (Å²) >= 11 is 0. The number of amides is 1. The summed E-state index contributed by atoms with van der Waals surface area (Å²) in [5.74, 6) is -0.975. The molecule has 1 rings (SSSR count). The number of carbonyl (C=O) groups is 2. The zero-order chi connectivity index (χ0) is 22.2. The van der Waals surface area contributed by atoms with Gasteiger partial charge in [-0.3, -0.25) is 4.90 Å². The van der Waals surface area contributed by atoms with Gasteiger partial charge in [0.05, 0.1) is 12.2 Å². The average molecular weight is 457 g/mol. The highest BCUT2D eigenvalue weighted by Gasteiger charge is 2.17. The van der Waals surface area contributed by atoms with Crippen molar-refractivity contribution < 1.29 is 19.4 Å². The Kier molecular flexibility index (Phi) is 16.8. The topological polar surface area (TPSA) is 70.1 Å². The summed E-state index contributed by atoms with van der Waals surface area (Å²) in [6, 6.07) is 6.40. The Balaban J connectivity index is 0.00000900. The summed E-state index contributed by atoms with van der Waals surface area (Å²) < 4.78 is 5.57. The molecule has 0 aliphatic heterocycles. The quantitative estimate of drug-likeness (QED) is 0.298. The van der Waals surface area contributed by atoms with Crippen LogP contribution in [0.25, 0.3) is 0 Å². The second-order valence-corrected chi connectivity index (χ2v) is 7.73. The molecule has 0 heterocycles. The number of halogens is 1. The maximum Gasteiger partial charge on any atom is 0.414 e. The first-order valence-electron chi connectivity index (χ1n) is 11.5. The lowest BCUT2D eigenvalue weighted by Gasteiger charge is -2.24. The number of carbonyl (C=O) groups excluding carboxylic acids is 1. The highest BCUT2D eigenvalue weighted by Crippen LogP contribution is 2.18. The Hall–Kier alpha value is -1.79. The zero-order valence-corrected chi connectivity index (χ0v) is 20.3. The van der Waals surface area contributed by atoms with E-state index in [1.54, 1.807) is 17.0 Å². The van der Waals surface area contributed by atoms with Gasteiger partial charge in [-0.25, -0.2) is 9.59 Å². The second-order valence-electron chi connectivity index (χ2n) is 7.73. The van der Waals surface area contributed by atoms with E-state index in [-0.39, 0.29) is 24.1 Å². The van der Waals surface area contributed by atoms with Gasteiger partial charge in [-0.05, 0) is 63.0 Å². The van der Waals surface area contributed by atoms with Gasteiger partial charge in [0.2, 0.25) is 0 Å². The summed E-state index contributed by atoms with van der Waals surface area (Å²) in [6.45, 7) is 10.6. The van der Waals surface area contributed by atoms with Crippen molar-refractivity contribution in [1.82, 2.24) is 4.90 Å². The molecule has 0 fully saturated rings. The third kappa shape index (κ3) is 12.0. The molecule has 0 aliphatic rings. The number of nitrogens with zero attached hydrogens (tertiary/aromatic N) is 2. The molecule has 0 radical (unpaired) electrons. The fourth-order valence-electron chi connectivity index (χ4n) is 3.25. The van der Waals surface area contributed by atoms with E-state index in [0.29, 0.717) is 18.8 Å². The number of rotatable bonds is 16.